The van der Waals surface area contributed by atoms with Gasteiger partial charge in [-0.25, -0.2) is 5.43 Å². The van der Waals surface area contributed by atoms with Gasteiger partial charge < -0.3 is 0 Å². The molecule has 6 heteroatoms. The zero-order valence-electron chi connectivity index (χ0n) is 15.4. The third-order valence-corrected chi connectivity index (χ3v) is 5.75. The summed E-state index contributed by atoms with van der Waals surface area (Å²) in [4.78, 5) is 12.4. The molecule has 0 bridgehead atoms. The van der Waals surface area contributed by atoms with Crippen LogP contribution in [-0.4, -0.2) is 22.3 Å². The van der Waals surface area contributed by atoms with Crippen molar-refractivity contribution in [2.75, 3.05) is 0 Å². The van der Waals surface area contributed by atoms with E-state index in [0.29, 0.717) is 5.69 Å². The number of hydrazone groups is 1. The number of carbonyl (C=O) groups is 1. The zero-order chi connectivity index (χ0) is 19.8. The molecule has 0 aliphatic heterocycles. The van der Waals surface area contributed by atoms with Crippen molar-refractivity contribution in [3.8, 4) is 11.3 Å². The van der Waals surface area contributed by atoms with Gasteiger partial charge in [0.25, 0.3) is 5.91 Å². The van der Waals surface area contributed by atoms with E-state index in [4.69, 9.17) is 0 Å². The molecule has 0 saturated heterocycles. The van der Waals surface area contributed by atoms with Crippen LogP contribution in [0.1, 0.15) is 27.2 Å². The van der Waals surface area contributed by atoms with Gasteiger partial charge in [-0.15, -0.1) is 0 Å². The molecular formula is C23H17BrN4O. The lowest BCUT2D eigenvalue weighted by Crippen LogP contribution is -2.17. The predicted molar refractivity (Wildman–Crippen MR) is 118 cm³/mol. The van der Waals surface area contributed by atoms with Crippen LogP contribution in [0.4, 0.5) is 0 Å². The quantitative estimate of drug-likeness (QED) is 0.348. The molecule has 3 aromatic carbocycles. The second-order valence-electron chi connectivity index (χ2n) is 7.03. The summed E-state index contributed by atoms with van der Waals surface area (Å²) < 4.78 is 0.992. The minimum atomic E-state index is -0.331. The van der Waals surface area contributed by atoms with Crippen LogP contribution in [-0.2, 0) is 12.8 Å². The van der Waals surface area contributed by atoms with E-state index in [0.717, 1.165) is 34.1 Å². The van der Waals surface area contributed by atoms with Gasteiger partial charge in [-0.3, -0.25) is 9.89 Å². The number of halogens is 1. The molecule has 5 nitrogen and oxygen atoms in total. The highest BCUT2D eigenvalue weighted by molar-refractivity contribution is 9.10. The van der Waals surface area contributed by atoms with Crippen molar-refractivity contribution in [3.63, 3.8) is 0 Å². The number of aryl methyl sites for hydroxylation is 2. The Labute approximate surface area is 176 Å². The normalized spacial score (nSPS) is 12.7. The Morgan fingerprint density at radius 2 is 1.86 bits per heavy atom. The number of amides is 1. The maximum atomic E-state index is 12.4. The van der Waals surface area contributed by atoms with E-state index in [-0.39, 0.29) is 5.91 Å². The fourth-order valence-electron chi connectivity index (χ4n) is 3.82. The second kappa shape index (κ2) is 7.29. The summed E-state index contributed by atoms with van der Waals surface area (Å²) in [5.74, 6) is -0.331. The Morgan fingerprint density at radius 1 is 1.07 bits per heavy atom. The molecule has 0 saturated carbocycles. The van der Waals surface area contributed by atoms with Crippen molar-refractivity contribution >= 4 is 38.8 Å². The third-order valence-electron chi connectivity index (χ3n) is 5.23. The molecular weight excluding hydrogens is 428 g/mol. The minimum absolute atomic E-state index is 0.331. The first-order valence-electron chi connectivity index (χ1n) is 9.37. The maximum absolute atomic E-state index is 12.4. The number of hydrogen-bond donors (Lipinski definition) is 2. The molecule has 142 valence electrons. The predicted octanol–water partition coefficient (Wildman–Crippen LogP) is 4.85. The Hall–Kier alpha value is -3.25. The lowest BCUT2D eigenvalue weighted by Gasteiger charge is -2.06. The molecule has 0 atom stereocenters. The topological polar surface area (TPSA) is 70.1 Å². The second-order valence-corrected chi connectivity index (χ2v) is 7.95. The van der Waals surface area contributed by atoms with Crippen molar-refractivity contribution in [2.24, 2.45) is 5.10 Å². The van der Waals surface area contributed by atoms with Crippen LogP contribution >= 0.6 is 15.9 Å². The molecule has 1 aliphatic rings. The Morgan fingerprint density at radius 3 is 2.69 bits per heavy atom. The molecule has 1 aromatic heterocycles. The molecule has 1 amide bonds. The lowest BCUT2D eigenvalue weighted by atomic mass is 9.98. The van der Waals surface area contributed by atoms with Gasteiger partial charge in [0.1, 0.15) is 5.69 Å². The van der Waals surface area contributed by atoms with Gasteiger partial charge in [0.2, 0.25) is 0 Å². The number of nitrogens with one attached hydrogen (secondary N) is 2. The van der Waals surface area contributed by atoms with E-state index < -0.39 is 0 Å². The summed E-state index contributed by atoms with van der Waals surface area (Å²) >= 11 is 3.39. The van der Waals surface area contributed by atoms with Crippen molar-refractivity contribution in [3.05, 3.63) is 87.5 Å². The number of aromatic amines is 1. The Kier molecular flexibility index (Phi) is 4.48. The molecule has 0 spiro atoms. The molecule has 0 radical (unpaired) electrons. The van der Waals surface area contributed by atoms with Crippen LogP contribution in [0.5, 0.6) is 0 Å². The van der Waals surface area contributed by atoms with Crippen LogP contribution in [0.15, 0.2) is 70.2 Å². The lowest BCUT2D eigenvalue weighted by molar-refractivity contribution is 0.0950. The van der Waals surface area contributed by atoms with Gasteiger partial charge >= 0.3 is 0 Å². The molecule has 2 N–H and O–H groups in total. The van der Waals surface area contributed by atoms with Crippen LogP contribution in [0.3, 0.4) is 0 Å². The molecule has 0 unspecified atom stereocenters. The highest BCUT2D eigenvalue weighted by Crippen LogP contribution is 2.36. The minimum Gasteiger partial charge on any atom is -0.272 e. The standard InChI is InChI=1S/C23H17BrN4O/c24-17-9-4-14(5-10-17)13-25-28-23(29)21-12-20(26-27-21)18-11-8-16-7-6-15-2-1-3-19(18)22(15)16/h1-5,8-13H,6-7H2,(H,26,27)(H,28,29)/b25-13+. The number of H-pyrrole nitrogens is 1. The van der Waals surface area contributed by atoms with Crippen LogP contribution in [0.25, 0.3) is 22.0 Å². The first kappa shape index (κ1) is 17.8. The molecule has 0 fully saturated rings. The number of benzene rings is 3. The summed E-state index contributed by atoms with van der Waals surface area (Å²) in [6, 6.07) is 20.1. The number of carbonyl (C=O) groups excluding carboxylic acids is 1. The summed E-state index contributed by atoms with van der Waals surface area (Å²) in [5.41, 5.74) is 8.36. The van der Waals surface area contributed by atoms with Gasteiger partial charge in [0.05, 0.1) is 11.9 Å². The SMILES string of the molecule is O=C(N/N=C/c1ccc(Br)cc1)c1cc(-c2ccc3c4c(cccc24)CC3)n[nH]1. The van der Waals surface area contributed by atoms with Crippen LogP contribution in [0, 0.1) is 0 Å². The van der Waals surface area contributed by atoms with Gasteiger partial charge in [0.15, 0.2) is 0 Å². The fourth-order valence-corrected chi connectivity index (χ4v) is 4.09. The fraction of sp³-hybridized carbons (Fsp3) is 0.0870. The average Bonchev–Trinajstić information content (AvgIpc) is 3.39. The van der Waals surface area contributed by atoms with E-state index in [1.165, 1.54) is 21.9 Å². The summed E-state index contributed by atoms with van der Waals surface area (Å²) in [6.07, 6.45) is 3.77. The monoisotopic (exact) mass is 444 g/mol. The van der Waals surface area contributed by atoms with E-state index in [2.05, 4.69) is 67.0 Å². The first-order valence-corrected chi connectivity index (χ1v) is 10.2. The van der Waals surface area contributed by atoms with Crippen LogP contribution in [0.2, 0.25) is 0 Å². The van der Waals surface area contributed by atoms with Crippen molar-refractivity contribution in [1.29, 1.82) is 0 Å². The van der Waals surface area contributed by atoms with Crippen LogP contribution < -0.4 is 5.43 Å². The zero-order valence-corrected chi connectivity index (χ0v) is 17.0. The van der Waals surface area contributed by atoms with Crippen molar-refractivity contribution in [2.45, 2.75) is 12.8 Å². The molecule has 29 heavy (non-hydrogen) atoms. The van der Waals surface area contributed by atoms with Gasteiger partial charge in [0, 0.05) is 10.0 Å². The van der Waals surface area contributed by atoms with Crippen molar-refractivity contribution in [1.82, 2.24) is 15.6 Å². The number of rotatable bonds is 4. The highest BCUT2D eigenvalue weighted by atomic mass is 79.9. The Bertz CT molecular complexity index is 1250. The van der Waals surface area contributed by atoms with E-state index in [9.17, 15) is 4.79 Å². The number of nitrogens with zero attached hydrogens (tertiary/aromatic N) is 2. The third kappa shape index (κ3) is 3.36. The highest BCUT2D eigenvalue weighted by Gasteiger charge is 2.18. The Balaban J connectivity index is 1.38. The first-order chi connectivity index (χ1) is 14.2. The summed E-state index contributed by atoms with van der Waals surface area (Å²) in [5, 5.41) is 13.7. The van der Waals surface area contributed by atoms with Gasteiger partial charge in [-0.2, -0.15) is 10.2 Å². The van der Waals surface area contributed by atoms with Crippen molar-refractivity contribution < 1.29 is 4.79 Å². The summed E-state index contributed by atoms with van der Waals surface area (Å²) in [6.45, 7) is 0. The van der Waals surface area contributed by atoms with Gasteiger partial charge in [-0.1, -0.05) is 58.4 Å². The smallest absolute Gasteiger partial charge is 0.272 e. The number of aromatic nitrogens is 2. The van der Waals surface area contributed by atoms with E-state index >= 15 is 0 Å². The average molecular weight is 445 g/mol. The summed E-state index contributed by atoms with van der Waals surface area (Å²) in [7, 11) is 0. The molecule has 1 aliphatic carbocycles. The van der Waals surface area contributed by atoms with E-state index in [1.807, 2.05) is 24.3 Å². The largest absolute Gasteiger partial charge is 0.289 e. The molecule has 1 heterocycles. The van der Waals surface area contributed by atoms with E-state index in [1.54, 1.807) is 12.3 Å². The number of hydrogen-bond acceptors (Lipinski definition) is 3. The van der Waals surface area contributed by atoms with Gasteiger partial charge in [-0.05, 0) is 58.5 Å². The maximum Gasteiger partial charge on any atom is 0.289 e. The molecule has 5 rings (SSSR count). The molecule has 4 aromatic rings.